The minimum atomic E-state index is -1.03. The maximum Gasteiger partial charge on any atom is 0.323 e. The minimum absolute atomic E-state index is 0.293. The number of carboxylic acid groups (broad SMARTS) is 1. The van der Waals surface area contributed by atoms with Crippen LogP contribution < -0.4 is 0 Å². The highest BCUT2D eigenvalue weighted by molar-refractivity contribution is 6.42. The fourth-order valence-electron chi connectivity index (χ4n) is 1.84. The van der Waals surface area contributed by atoms with Crippen LogP contribution in [0.3, 0.4) is 0 Å². The lowest BCUT2D eigenvalue weighted by Gasteiger charge is -2.27. The van der Waals surface area contributed by atoms with Crippen molar-refractivity contribution in [2.75, 3.05) is 13.1 Å². The molecule has 0 saturated heterocycles. The molecule has 0 bridgehead atoms. The van der Waals surface area contributed by atoms with Crippen molar-refractivity contribution in [2.45, 2.75) is 6.42 Å². The van der Waals surface area contributed by atoms with Gasteiger partial charge in [-0.15, -0.1) is 0 Å². The van der Waals surface area contributed by atoms with E-state index in [-0.39, 0.29) is 12.5 Å². The van der Waals surface area contributed by atoms with Gasteiger partial charge in [-0.05, 0) is 24.1 Å². The van der Waals surface area contributed by atoms with Gasteiger partial charge in [0.2, 0.25) is 0 Å². The van der Waals surface area contributed by atoms with E-state index < -0.39 is 5.97 Å². The number of nitrogens with zero attached hydrogens (tertiary/aromatic N) is 1. The van der Waals surface area contributed by atoms with Crippen molar-refractivity contribution >= 4 is 35.1 Å². The van der Waals surface area contributed by atoms with Gasteiger partial charge in [0.15, 0.2) is 0 Å². The second-order valence-corrected chi connectivity index (χ2v) is 4.61. The molecule has 0 saturated carbocycles. The van der Waals surface area contributed by atoms with Crippen LogP contribution in [0, 0.1) is 0 Å². The van der Waals surface area contributed by atoms with Crippen molar-refractivity contribution in [3.05, 3.63) is 33.3 Å². The van der Waals surface area contributed by atoms with Crippen LogP contribution in [0.1, 0.15) is 15.9 Å². The van der Waals surface area contributed by atoms with Gasteiger partial charge < -0.3 is 10.0 Å². The molecule has 1 N–H and O–H groups in total. The van der Waals surface area contributed by atoms with Crippen LogP contribution in [0.4, 0.5) is 0 Å². The Labute approximate surface area is 108 Å². The summed E-state index contributed by atoms with van der Waals surface area (Å²) in [6.45, 7) is 0.0919. The molecule has 1 aliphatic heterocycles. The van der Waals surface area contributed by atoms with Gasteiger partial charge in [-0.25, -0.2) is 0 Å². The quantitative estimate of drug-likeness (QED) is 0.898. The van der Waals surface area contributed by atoms with E-state index in [9.17, 15) is 9.59 Å². The number of carbonyl (C=O) groups is 2. The number of fused-ring (bicyclic) bond motifs is 1. The molecule has 1 aromatic rings. The summed E-state index contributed by atoms with van der Waals surface area (Å²) < 4.78 is 0. The molecule has 0 spiro atoms. The van der Waals surface area contributed by atoms with E-state index in [1.165, 1.54) is 11.0 Å². The molecular weight excluding hydrogens is 265 g/mol. The minimum Gasteiger partial charge on any atom is -0.480 e. The molecule has 17 heavy (non-hydrogen) atoms. The summed E-state index contributed by atoms with van der Waals surface area (Å²) in [5, 5.41) is 9.40. The van der Waals surface area contributed by atoms with Crippen molar-refractivity contribution in [1.29, 1.82) is 0 Å². The van der Waals surface area contributed by atoms with Crippen LogP contribution in [-0.2, 0) is 11.2 Å². The fourth-order valence-corrected chi connectivity index (χ4v) is 2.19. The SMILES string of the molecule is O=C(O)CN1CCc2cc(Cl)c(Cl)cc2C1=O. The lowest BCUT2D eigenvalue weighted by Crippen LogP contribution is -2.40. The number of benzene rings is 1. The summed E-state index contributed by atoms with van der Waals surface area (Å²) in [6, 6.07) is 3.16. The van der Waals surface area contributed by atoms with Crippen LogP contribution >= 0.6 is 23.2 Å². The second-order valence-electron chi connectivity index (χ2n) is 3.79. The first-order valence-electron chi connectivity index (χ1n) is 4.98. The van der Waals surface area contributed by atoms with Gasteiger partial charge in [-0.2, -0.15) is 0 Å². The smallest absolute Gasteiger partial charge is 0.323 e. The highest BCUT2D eigenvalue weighted by Crippen LogP contribution is 2.29. The number of carbonyl (C=O) groups excluding carboxylic acids is 1. The van der Waals surface area contributed by atoms with Crippen LogP contribution in [0.5, 0.6) is 0 Å². The van der Waals surface area contributed by atoms with Crippen molar-refractivity contribution < 1.29 is 14.7 Å². The highest BCUT2D eigenvalue weighted by Gasteiger charge is 2.26. The van der Waals surface area contributed by atoms with Gasteiger partial charge in [-0.1, -0.05) is 23.2 Å². The number of amides is 1. The maximum atomic E-state index is 12.0. The summed E-state index contributed by atoms with van der Waals surface area (Å²) in [5.74, 6) is -1.34. The lowest BCUT2D eigenvalue weighted by atomic mass is 9.99. The van der Waals surface area contributed by atoms with Crippen molar-refractivity contribution in [3.8, 4) is 0 Å². The van der Waals surface area contributed by atoms with Crippen LogP contribution in [-0.4, -0.2) is 35.0 Å². The zero-order chi connectivity index (χ0) is 12.6. The van der Waals surface area contributed by atoms with E-state index in [0.29, 0.717) is 28.6 Å². The Balaban J connectivity index is 2.35. The third-order valence-corrected chi connectivity index (χ3v) is 3.36. The molecule has 6 heteroatoms. The van der Waals surface area contributed by atoms with E-state index >= 15 is 0 Å². The molecule has 1 amide bonds. The third kappa shape index (κ3) is 2.37. The summed E-state index contributed by atoms with van der Waals surface area (Å²) in [7, 11) is 0. The number of carboxylic acids is 1. The number of aliphatic carboxylic acids is 1. The average Bonchev–Trinajstić information content (AvgIpc) is 2.25. The Kier molecular flexibility index (Phi) is 3.26. The van der Waals surface area contributed by atoms with Crippen LogP contribution in [0.2, 0.25) is 10.0 Å². The van der Waals surface area contributed by atoms with Gasteiger partial charge >= 0.3 is 5.97 Å². The molecule has 0 fully saturated rings. The summed E-state index contributed by atoms with van der Waals surface area (Å²) in [4.78, 5) is 23.9. The second kappa shape index (κ2) is 4.55. The average molecular weight is 274 g/mol. The van der Waals surface area contributed by atoms with Gasteiger partial charge in [-0.3, -0.25) is 9.59 Å². The van der Waals surface area contributed by atoms with Gasteiger partial charge in [0.05, 0.1) is 10.0 Å². The molecule has 1 aromatic carbocycles. The zero-order valence-electron chi connectivity index (χ0n) is 8.74. The third-order valence-electron chi connectivity index (χ3n) is 2.64. The Hall–Kier alpha value is -1.26. The van der Waals surface area contributed by atoms with Crippen molar-refractivity contribution in [3.63, 3.8) is 0 Å². The zero-order valence-corrected chi connectivity index (χ0v) is 10.3. The van der Waals surface area contributed by atoms with Crippen molar-refractivity contribution in [1.82, 2.24) is 4.90 Å². The lowest BCUT2D eigenvalue weighted by molar-refractivity contribution is -0.137. The summed E-state index contributed by atoms with van der Waals surface area (Å²) in [6.07, 6.45) is 0.589. The molecule has 1 heterocycles. The number of hydrogen-bond acceptors (Lipinski definition) is 2. The molecule has 0 atom stereocenters. The largest absolute Gasteiger partial charge is 0.480 e. The normalized spacial score (nSPS) is 14.7. The molecule has 2 rings (SSSR count). The first-order chi connectivity index (χ1) is 7.99. The molecule has 4 nitrogen and oxygen atoms in total. The molecule has 90 valence electrons. The Bertz CT molecular complexity index is 502. The Morgan fingerprint density at radius 1 is 1.35 bits per heavy atom. The van der Waals surface area contributed by atoms with Gasteiger partial charge in [0, 0.05) is 12.1 Å². The van der Waals surface area contributed by atoms with E-state index in [1.54, 1.807) is 6.07 Å². The maximum absolute atomic E-state index is 12.0. The predicted octanol–water partition coefficient (Wildman–Crippen LogP) is 2.08. The van der Waals surface area contributed by atoms with Gasteiger partial charge in [0.1, 0.15) is 6.54 Å². The molecule has 0 aromatic heterocycles. The van der Waals surface area contributed by atoms with Crippen molar-refractivity contribution in [2.24, 2.45) is 0 Å². The van der Waals surface area contributed by atoms with E-state index in [1.807, 2.05) is 0 Å². The number of halogens is 2. The molecule has 0 radical (unpaired) electrons. The first-order valence-corrected chi connectivity index (χ1v) is 5.73. The molecule has 0 aliphatic carbocycles. The van der Waals surface area contributed by atoms with E-state index in [4.69, 9.17) is 28.3 Å². The highest BCUT2D eigenvalue weighted by atomic mass is 35.5. The number of hydrogen-bond donors (Lipinski definition) is 1. The monoisotopic (exact) mass is 273 g/mol. The van der Waals surface area contributed by atoms with E-state index in [2.05, 4.69) is 0 Å². The number of rotatable bonds is 2. The predicted molar refractivity (Wildman–Crippen MR) is 63.7 cm³/mol. The topological polar surface area (TPSA) is 57.6 Å². The summed E-state index contributed by atoms with van der Waals surface area (Å²) >= 11 is 11.7. The standard InChI is InChI=1S/C11H9Cl2NO3/c12-8-3-6-1-2-14(5-10(15)16)11(17)7(6)4-9(8)13/h3-4H,1-2,5H2,(H,15,16). The Morgan fingerprint density at radius 3 is 2.65 bits per heavy atom. The van der Waals surface area contributed by atoms with Crippen LogP contribution in [0.25, 0.3) is 0 Å². The van der Waals surface area contributed by atoms with Crippen LogP contribution in [0.15, 0.2) is 12.1 Å². The Morgan fingerprint density at radius 2 is 2.00 bits per heavy atom. The van der Waals surface area contributed by atoms with Gasteiger partial charge in [0.25, 0.3) is 5.91 Å². The fraction of sp³-hybridized carbons (Fsp3) is 0.273. The molecular formula is C11H9Cl2NO3. The van der Waals surface area contributed by atoms with E-state index in [0.717, 1.165) is 5.56 Å². The molecule has 1 aliphatic rings. The first kappa shape index (κ1) is 12.2. The molecule has 0 unspecified atom stereocenters. The summed E-state index contributed by atoms with van der Waals surface area (Å²) in [5.41, 5.74) is 1.25.